The Morgan fingerprint density at radius 2 is 1.71 bits per heavy atom. The Bertz CT molecular complexity index is 48.1. The maximum absolute atomic E-state index is 10.7. The van der Waals surface area contributed by atoms with Gasteiger partial charge in [-0.25, -0.2) is 4.39 Å². The monoisotopic (exact) mass is 117 g/mol. The highest BCUT2D eigenvalue weighted by Gasteiger charge is 2.25. The molecule has 0 saturated heterocycles. The molecule has 0 saturated carbocycles. The molecule has 0 atom stereocenters. The summed E-state index contributed by atoms with van der Waals surface area (Å²) in [4.78, 5) is 0. The van der Waals surface area contributed by atoms with Crippen LogP contribution in [0, 0.1) is 0 Å². The number of rotatable bonds is 1. The summed E-state index contributed by atoms with van der Waals surface area (Å²) in [6.45, 7) is -1.57. The van der Waals surface area contributed by atoms with Crippen molar-refractivity contribution < 1.29 is 17.6 Å². The van der Waals surface area contributed by atoms with Gasteiger partial charge in [0.25, 0.3) is 0 Å². The van der Waals surface area contributed by atoms with E-state index in [0.29, 0.717) is 5.32 Å². The normalized spacial score (nSPS) is 12.0. The van der Waals surface area contributed by atoms with Gasteiger partial charge in [-0.2, -0.15) is 18.5 Å². The van der Waals surface area contributed by atoms with E-state index in [-0.39, 0.29) is 0 Å². The molecule has 0 unspecified atom stereocenters. The van der Waals surface area contributed by atoms with Gasteiger partial charge in [0, 0.05) is 0 Å². The maximum atomic E-state index is 10.7. The molecule has 1 nitrogen and oxygen atoms in total. The smallest absolute Gasteiger partial charge is 0.234 e. The van der Waals surface area contributed by atoms with Gasteiger partial charge in [0.05, 0.1) is 0 Å². The molecule has 0 fully saturated rings. The summed E-state index contributed by atoms with van der Waals surface area (Å²) in [6.07, 6.45) is -4.57. The third kappa shape index (κ3) is 5.68. The Hall–Kier alpha value is -0.320. The second-order valence-electron chi connectivity index (χ2n) is 0.808. The third-order valence-corrected chi connectivity index (χ3v) is 0.267. The van der Waals surface area contributed by atoms with Crippen LogP contribution < -0.4 is 5.32 Å². The van der Waals surface area contributed by atoms with Crippen molar-refractivity contribution in [3.63, 3.8) is 0 Å². The lowest BCUT2D eigenvalue weighted by Crippen LogP contribution is -2.30. The van der Waals surface area contributed by atoms with E-state index in [1.165, 1.54) is 0 Å². The highest BCUT2D eigenvalue weighted by Crippen LogP contribution is 2.07. The lowest BCUT2D eigenvalue weighted by molar-refractivity contribution is -0.162. The summed E-state index contributed by atoms with van der Waals surface area (Å²) in [5.41, 5.74) is 0. The molecule has 0 aliphatic rings. The van der Waals surface area contributed by atoms with Gasteiger partial charge in [-0.1, -0.05) is 0 Å². The van der Waals surface area contributed by atoms with Crippen LogP contribution in [0.2, 0.25) is 0 Å². The molecule has 44 valence electrons. The molecule has 5 heteroatoms. The Morgan fingerprint density at radius 1 is 1.29 bits per heavy atom. The Balaban J connectivity index is 3.15. The van der Waals surface area contributed by atoms with Crippen molar-refractivity contribution in [3.8, 4) is 0 Å². The van der Waals surface area contributed by atoms with Crippen LogP contribution in [0.15, 0.2) is 0 Å². The lowest BCUT2D eigenvalue weighted by Gasteiger charge is -2.01. The second kappa shape index (κ2) is 2.11. The summed E-state index contributed by atoms with van der Waals surface area (Å²) in [5.74, 6) is 0. The van der Waals surface area contributed by atoms with E-state index in [4.69, 9.17) is 0 Å². The summed E-state index contributed by atoms with van der Waals surface area (Å²) in [5, 5.41) is 0.618. The van der Waals surface area contributed by atoms with E-state index in [2.05, 4.69) is 0 Å². The van der Waals surface area contributed by atoms with Crippen molar-refractivity contribution in [2.24, 2.45) is 0 Å². The predicted octanol–water partition coefficient (Wildman–Crippen LogP) is 1.02. The molecule has 0 bridgehead atoms. The Labute approximate surface area is 37.3 Å². The molecule has 0 aromatic carbocycles. The van der Waals surface area contributed by atoms with Gasteiger partial charge >= 0.3 is 6.30 Å². The molecule has 0 aromatic heterocycles. The highest BCUT2D eigenvalue weighted by atomic mass is 19.4. The van der Waals surface area contributed by atoms with Gasteiger partial charge in [-0.3, -0.25) is 0 Å². The van der Waals surface area contributed by atoms with E-state index in [9.17, 15) is 17.6 Å². The van der Waals surface area contributed by atoms with Crippen LogP contribution in [0.3, 0.4) is 0 Å². The molecule has 0 spiro atoms. The fourth-order valence-corrected chi connectivity index (χ4v) is 0.0758. The molecule has 0 aliphatic heterocycles. The van der Waals surface area contributed by atoms with Crippen molar-refractivity contribution in [2.75, 3.05) is 6.80 Å². The quantitative estimate of drug-likeness (QED) is 0.399. The lowest BCUT2D eigenvalue weighted by atomic mass is 11.1. The molecule has 7 heavy (non-hydrogen) atoms. The number of halogens is 4. The van der Waals surface area contributed by atoms with Crippen LogP contribution in [0.1, 0.15) is 0 Å². The van der Waals surface area contributed by atoms with Gasteiger partial charge in [0.15, 0.2) is 0 Å². The molecular formula is C2H3F4N. The first-order valence-corrected chi connectivity index (χ1v) is 1.44. The van der Waals surface area contributed by atoms with Gasteiger partial charge < -0.3 is 0 Å². The van der Waals surface area contributed by atoms with Gasteiger partial charge in [0.2, 0.25) is 0 Å². The first kappa shape index (κ1) is 6.68. The topological polar surface area (TPSA) is 12.0 Å². The second-order valence-corrected chi connectivity index (χ2v) is 0.808. The Morgan fingerprint density at radius 3 is 1.71 bits per heavy atom. The van der Waals surface area contributed by atoms with Crippen molar-refractivity contribution in [1.29, 1.82) is 0 Å². The Kier molecular flexibility index (Phi) is 2.01. The van der Waals surface area contributed by atoms with E-state index < -0.39 is 13.1 Å². The van der Waals surface area contributed by atoms with Crippen LogP contribution >= 0.6 is 0 Å². The highest BCUT2D eigenvalue weighted by molar-refractivity contribution is 4.36. The predicted molar refractivity (Wildman–Crippen MR) is 15.2 cm³/mol. The summed E-state index contributed by atoms with van der Waals surface area (Å²) >= 11 is 0. The summed E-state index contributed by atoms with van der Waals surface area (Å²) in [6, 6.07) is 0. The minimum Gasteiger partial charge on any atom is -0.234 e. The summed E-state index contributed by atoms with van der Waals surface area (Å²) in [7, 11) is 0. The first-order chi connectivity index (χ1) is 3.06. The SMILES string of the molecule is FCNC(F)(F)F. The third-order valence-electron chi connectivity index (χ3n) is 0.267. The fraction of sp³-hybridized carbons (Fsp3) is 1.00. The molecule has 0 radical (unpaired) electrons. The van der Waals surface area contributed by atoms with Gasteiger partial charge in [-0.15, -0.1) is 0 Å². The number of hydrogen-bond donors (Lipinski definition) is 1. The number of hydrogen-bond acceptors (Lipinski definition) is 1. The van der Waals surface area contributed by atoms with Crippen LogP contribution in [0.5, 0.6) is 0 Å². The van der Waals surface area contributed by atoms with Crippen molar-refractivity contribution in [3.05, 3.63) is 0 Å². The average molecular weight is 117 g/mol. The standard InChI is InChI=1S/C2H3F4N/c3-1-7-2(4,5)6/h7H,1H2. The van der Waals surface area contributed by atoms with E-state index in [1.54, 1.807) is 0 Å². The molecule has 0 rings (SSSR count). The largest absolute Gasteiger partial charge is 0.459 e. The molecule has 0 aliphatic carbocycles. The van der Waals surface area contributed by atoms with Crippen molar-refractivity contribution >= 4 is 0 Å². The van der Waals surface area contributed by atoms with Crippen LogP contribution in [0.25, 0.3) is 0 Å². The molecule has 0 heterocycles. The van der Waals surface area contributed by atoms with Crippen LogP contribution in [0.4, 0.5) is 17.6 Å². The first-order valence-electron chi connectivity index (χ1n) is 1.44. The number of nitrogens with one attached hydrogen (secondary N) is 1. The maximum Gasteiger partial charge on any atom is 0.459 e. The van der Waals surface area contributed by atoms with Crippen LogP contribution in [-0.2, 0) is 0 Å². The van der Waals surface area contributed by atoms with Crippen LogP contribution in [-0.4, -0.2) is 13.1 Å². The number of alkyl halides is 4. The molecular weight excluding hydrogens is 114 g/mol. The molecule has 0 amide bonds. The zero-order chi connectivity index (χ0) is 5.91. The minimum atomic E-state index is -4.57. The van der Waals surface area contributed by atoms with E-state index >= 15 is 0 Å². The summed E-state index contributed by atoms with van der Waals surface area (Å²) < 4.78 is 42.8. The van der Waals surface area contributed by atoms with E-state index in [1.807, 2.05) is 0 Å². The average Bonchev–Trinajstić information content (AvgIpc) is 1.30. The van der Waals surface area contributed by atoms with E-state index in [0.717, 1.165) is 0 Å². The zero-order valence-electron chi connectivity index (χ0n) is 3.22. The molecule has 0 aromatic rings. The van der Waals surface area contributed by atoms with Crippen molar-refractivity contribution in [1.82, 2.24) is 5.32 Å². The zero-order valence-corrected chi connectivity index (χ0v) is 3.22. The van der Waals surface area contributed by atoms with Crippen molar-refractivity contribution in [2.45, 2.75) is 6.30 Å². The molecule has 1 N–H and O–H groups in total. The fourth-order valence-electron chi connectivity index (χ4n) is 0.0758. The van der Waals surface area contributed by atoms with Gasteiger partial charge in [-0.05, 0) is 0 Å². The van der Waals surface area contributed by atoms with Gasteiger partial charge in [0.1, 0.15) is 6.80 Å². The minimum absolute atomic E-state index is 0.618.